The van der Waals surface area contributed by atoms with Gasteiger partial charge >= 0.3 is 0 Å². The highest BCUT2D eigenvalue weighted by Gasteiger charge is 2.20. The van der Waals surface area contributed by atoms with Gasteiger partial charge in [0.2, 0.25) is 0 Å². The van der Waals surface area contributed by atoms with Gasteiger partial charge in [0.15, 0.2) is 9.84 Å². The van der Waals surface area contributed by atoms with Crippen molar-refractivity contribution in [2.24, 2.45) is 0 Å². The second-order valence-electron chi connectivity index (χ2n) is 6.84. The summed E-state index contributed by atoms with van der Waals surface area (Å²) in [7, 11) is -3.16. The highest BCUT2D eigenvalue weighted by molar-refractivity contribution is 7.98. The van der Waals surface area contributed by atoms with Crippen molar-refractivity contribution in [2.75, 3.05) is 12.0 Å². The SMILES string of the molecule is CS(=O)(=O)Cc1cccc(CSc2nc(N)c(C#N)c(-c3ccc(F)cc3)c2C#N)c1. The summed E-state index contributed by atoms with van der Waals surface area (Å²) in [6.07, 6.45) is 1.17. The Morgan fingerprint density at radius 3 is 2.32 bits per heavy atom. The van der Waals surface area contributed by atoms with Crippen molar-refractivity contribution >= 4 is 27.4 Å². The second-order valence-corrected chi connectivity index (χ2v) is 9.94. The Morgan fingerprint density at radius 1 is 1.06 bits per heavy atom. The number of thioether (sulfide) groups is 1. The molecule has 0 aliphatic rings. The lowest BCUT2D eigenvalue weighted by atomic mass is 9.97. The van der Waals surface area contributed by atoms with Crippen molar-refractivity contribution in [3.63, 3.8) is 0 Å². The van der Waals surface area contributed by atoms with Crippen molar-refractivity contribution in [3.8, 4) is 23.3 Å². The summed E-state index contributed by atoms with van der Waals surface area (Å²) in [6.45, 7) is 0. The summed E-state index contributed by atoms with van der Waals surface area (Å²) in [5, 5.41) is 19.7. The maximum atomic E-state index is 13.4. The summed E-state index contributed by atoms with van der Waals surface area (Å²) in [4.78, 5) is 4.24. The molecule has 0 bridgehead atoms. The van der Waals surface area contributed by atoms with Gasteiger partial charge in [-0.05, 0) is 28.8 Å². The summed E-state index contributed by atoms with van der Waals surface area (Å²) >= 11 is 1.25. The predicted octanol–water partition coefficient (Wildman–Crippen LogP) is 4.05. The zero-order valence-electron chi connectivity index (χ0n) is 16.5. The Hall–Kier alpha value is -3.40. The van der Waals surface area contributed by atoms with E-state index >= 15 is 0 Å². The van der Waals surface area contributed by atoms with Gasteiger partial charge in [-0.15, -0.1) is 11.8 Å². The van der Waals surface area contributed by atoms with E-state index in [-0.39, 0.29) is 22.7 Å². The number of anilines is 1. The van der Waals surface area contributed by atoms with Gasteiger partial charge in [0.05, 0.1) is 11.3 Å². The highest BCUT2D eigenvalue weighted by atomic mass is 32.2. The number of sulfone groups is 1. The lowest BCUT2D eigenvalue weighted by Gasteiger charge is -2.13. The van der Waals surface area contributed by atoms with Gasteiger partial charge in [0.25, 0.3) is 0 Å². The average Bonchev–Trinajstić information content (AvgIpc) is 2.71. The van der Waals surface area contributed by atoms with E-state index in [9.17, 15) is 23.3 Å². The number of aromatic nitrogens is 1. The lowest BCUT2D eigenvalue weighted by Crippen LogP contribution is -2.03. The van der Waals surface area contributed by atoms with Crippen LogP contribution in [0.4, 0.5) is 10.2 Å². The minimum Gasteiger partial charge on any atom is -0.383 e. The second kappa shape index (κ2) is 9.17. The van der Waals surface area contributed by atoms with Crippen molar-refractivity contribution in [1.29, 1.82) is 10.5 Å². The van der Waals surface area contributed by atoms with Crippen LogP contribution >= 0.6 is 11.8 Å². The highest BCUT2D eigenvalue weighted by Crippen LogP contribution is 2.36. The fourth-order valence-electron chi connectivity index (χ4n) is 3.07. The standard InChI is InChI=1S/C22H17FN4O2S2/c1-31(28,29)13-15-4-2-3-14(9-15)12-30-22-19(11-25)20(18(10-24)21(26)27-22)16-5-7-17(23)8-6-16/h2-9H,12-13H2,1H3,(H2,26,27). The molecule has 0 spiro atoms. The van der Waals surface area contributed by atoms with Gasteiger partial charge < -0.3 is 5.73 Å². The molecule has 3 rings (SSSR count). The fourth-order valence-corrected chi connectivity index (χ4v) is 4.79. The Kier molecular flexibility index (Phi) is 6.59. The normalized spacial score (nSPS) is 11.0. The molecule has 0 aliphatic carbocycles. The van der Waals surface area contributed by atoms with Crippen LogP contribution in [0.25, 0.3) is 11.1 Å². The van der Waals surface area contributed by atoms with E-state index in [0.29, 0.717) is 27.5 Å². The number of hydrogen-bond acceptors (Lipinski definition) is 7. The number of pyridine rings is 1. The van der Waals surface area contributed by atoms with E-state index in [1.807, 2.05) is 12.1 Å². The van der Waals surface area contributed by atoms with Gasteiger partial charge in [-0.1, -0.05) is 36.4 Å². The molecular formula is C22H17FN4O2S2. The number of nitriles is 2. The molecule has 2 N–H and O–H groups in total. The average molecular weight is 453 g/mol. The summed E-state index contributed by atoms with van der Waals surface area (Å²) in [5.74, 6) is -0.111. The van der Waals surface area contributed by atoms with Gasteiger partial charge in [-0.25, -0.2) is 17.8 Å². The molecule has 0 radical (unpaired) electrons. The van der Waals surface area contributed by atoms with E-state index in [4.69, 9.17) is 5.73 Å². The molecule has 1 heterocycles. The summed E-state index contributed by atoms with van der Waals surface area (Å²) in [6, 6.07) is 16.7. The number of rotatable bonds is 6. The molecule has 2 aromatic carbocycles. The van der Waals surface area contributed by atoms with E-state index in [2.05, 4.69) is 11.1 Å². The molecule has 0 amide bonds. The van der Waals surface area contributed by atoms with Crippen LogP contribution in [-0.4, -0.2) is 19.7 Å². The van der Waals surface area contributed by atoms with Crippen LogP contribution in [-0.2, 0) is 21.3 Å². The van der Waals surface area contributed by atoms with Crippen LogP contribution in [0.3, 0.4) is 0 Å². The van der Waals surface area contributed by atoms with Crippen LogP contribution in [0.1, 0.15) is 22.3 Å². The van der Waals surface area contributed by atoms with E-state index in [0.717, 1.165) is 5.56 Å². The molecule has 31 heavy (non-hydrogen) atoms. The van der Waals surface area contributed by atoms with Gasteiger partial charge in [0, 0.05) is 17.6 Å². The first-order chi connectivity index (χ1) is 14.7. The molecular weight excluding hydrogens is 435 g/mol. The molecule has 0 unspecified atom stereocenters. The molecule has 0 fully saturated rings. The van der Waals surface area contributed by atoms with Crippen molar-refractivity contribution in [1.82, 2.24) is 4.98 Å². The maximum absolute atomic E-state index is 13.4. The van der Waals surface area contributed by atoms with Crippen molar-refractivity contribution in [3.05, 3.63) is 76.6 Å². The maximum Gasteiger partial charge on any atom is 0.151 e. The topological polar surface area (TPSA) is 121 Å². The third-order valence-electron chi connectivity index (χ3n) is 4.34. The first-order valence-electron chi connectivity index (χ1n) is 8.99. The Labute approximate surface area is 184 Å². The lowest BCUT2D eigenvalue weighted by molar-refractivity contribution is 0.601. The molecule has 0 saturated heterocycles. The third-order valence-corrected chi connectivity index (χ3v) is 6.25. The molecule has 0 saturated carbocycles. The molecule has 1 aromatic heterocycles. The quantitative estimate of drug-likeness (QED) is 0.560. The van der Waals surface area contributed by atoms with Crippen LogP contribution in [0.5, 0.6) is 0 Å². The number of benzene rings is 2. The molecule has 0 aliphatic heterocycles. The van der Waals surface area contributed by atoms with Crippen molar-refractivity contribution < 1.29 is 12.8 Å². The number of nitrogens with zero attached hydrogens (tertiary/aromatic N) is 3. The molecule has 3 aromatic rings. The fraction of sp³-hybridized carbons (Fsp3) is 0.136. The van der Waals surface area contributed by atoms with Gasteiger partial charge in [-0.2, -0.15) is 10.5 Å². The molecule has 9 heteroatoms. The monoisotopic (exact) mass is 452 g/mol. The Balaban J connectivity index is 2.00. The van der Waals surface area contributed by atoms with Crippen LogP contribution < -0.4 is 5.73 Å². The number of nitrogen functional groups attached to an aromatic ring is 1. The zero-order chi connectivity index (χ0) is 22.6. The third kappa shape index (κ3) is 5.40. The Morgan fingerprint density at radius 2 is 1.71 bits per heavy atom. The predicted molar refractivity (Wildman–Crippen MR) is 118 cm³/mol. The minimum atomic E-state index is -3.16. The van der Waals surface area contributed by atoms with Crippen LogP contribution in [0.2, 0.25) is 0 Å². The van der Waals surface area contributed by atoms with E-state index in [1.54, 1.807) is 18.2 Å². The number of halogens is 1. The Bertz CT molecular complexity index is 1330. The van der Waals surface area contributed by atoms with Crippen LogP contribution in [0.15, 0.2) is 53.6 Å². The van der Waals surface area contributed by atoms with Crippen LogP contribution in [0, 0.1) is 28.5 Å². The first-order valence-corrected chi connectivity index (χ1v) is 12.0. The number of nitrogens with two attached hydrogens (primary N) is 1. The van der Waals surface area contributed by atoms with E-state index in [1.165, 1.54) is 42.3 Å². The van der Waals surface area contributed by atoms with Crippen molar-refractivity contribution in [2.45, 2.75) is 16.5 Å². The minimum absolute atomic E-state index is 0.0193. The largest absolute Gasteiger partial charge is 0.383 e. The number of hydrogen-bond donors (Lipinski definition) is 1. The zero-order valence-corrected chi connectivity index (χ0v) is 18.1. The first kappa shape index (κ1) is 22.3. The summed E-state index contributed by atoms with van der Waals surface area (Å²) in [5.41, 5.74) is 8.54. The summed E-state index contributed by atoms with van der Waals surface area (Å²) < 4.78 is 36.5. The molecule has 6 nitrogen and oxygen atoms in total. The van der Waals surface area contributed by atoms with E-state index < -0.39 is 15.7 Å². The smallest absolute Gasteiger partial charge is 0.151 e. The van der Waals surface area contributed by atoms with Gasteiger partial charge in [0.1, 0.15) is 34.4 Å². The molecule has 156 valence electrons. The van der Waals surface area contributed by atoms with Gasteiger partial charge in [-0.3, -0.25) is 0 Å². The molecule has 0 atom stereocenters.